The summed E-state index contributed by atoms with van der Waals surface area (Å²) in [6, 6.07) is 12.2. The molecule has 0 atom stereocenters. The molecule has 0 unspecified atom stereocenters. The molecule has 0 fully saturated rings. The van der Waals surface area contributed by atoms with Gasteiger partial charge in [-0.25, -0.2) is 4.79 Å². The van der Waals surface area contributed by atoms with Gasteiger partial charge in [0.05, 0.1) is 17.8 Å². The van der Waals surface area contributed by atoms with Gasteiger partial charge in [0.15, 0.2) is 0 Å². The zero-order valence-corrected chi connectivity index (χ0v) is 14.3. The summed E-state index contributed by atoms with van der Waals surface area (Å²) in [5, 5.41) is 6.58. The van der Waals surface area contributed by atoms with Crippen LogP contribution >= 0.6 is 0 Å². The summed E-state index contributed by atoms with van der Waals surface area (Å²) in [5.41, 5.74) is 2.19. The van der Waals surface area contributed by atoms with Crippen LogP contribution in [-0.2, 0) is 4.74 Å². The first-order valence-corrected chi connectivity index (χ1v) is 8.33. The molecule has 0 aliphatic rings. The van der Waals surface area contributed by atoms with E-state index in [9.17, 15) is 4.79 Å². The lowest BCUT2D eigenvalue weighted by molar-refractivity contribution is 0.0527. The van der Waals surface area contributed by atoms with E-state index < -0.39 is 0 Å². The number of ether oxygens (including phenoxy) is 1. The number of carbonyl (C=O) groups is 1. The number of anilines is 1. The molecule has 0 saturated heterocycles. The molecule has 1 heterocycles. The maximum Gasteiger partial charge on any atom is 0.341 e. The van der Waals surface area contributed by atoms with Crippen LogP contribution in [-0.4, -0.2) is 24.1 Å². The van der Waals surface area contributed by atoms with Crippen molar-refractivity contribution in [1.29, 1.82) is 0 Å². The number of pyridine rings is 1. The van der Waals surface area contributed by atoms with Crippen LogP contribution in [0.5, 0.6) is 0 Å². The average Bonchev–Trinajstić information content (AvgIpc) is 2.59. The van der Waals surface area contributed by atoms with Gasteiger partial charge >= 0.3 is 5.97 Å². The Balaban J connectivity index is 2.22. The van der Waals surface area contributed by atoms with E-state index in [0.29, 0.717) is 18.1 Å². The van der Waals surface area contributed by atoms with Crippen LogP contribution in [0.1, 0.15) is 31.1 Å². The number of benzene rings is 2. The van der Waals surface area contributed by atoms with E-state index in [4.69, 9.17) is 4.74 Å². The lowest BCUT2D eigenvalue weighted by Crippen LogP contribution is -2.14. The van der Waals surface area contributed by atoms with E-state index in [2.05, 4.69) is 42.3 Å². The van der Waals surface area contributed by atoms with Crippen molar-refractivity contribution in [2.75, 3.05) is 18.5 Å². The molecule has 0 aliphatic carbocycles. The fourth-order valence-electron chi connectivity index (χ4n) is 2.79. The number of carbonyl (C=O) groups excluding carboxylic acids is 1. The third kappa shape index (κ3) is 3.04. The van der Waals surface area contributed by atoms with Crippen LogP contribution in [0.25, 0.3) is 21.7 Å². The maximum atomic E-state index is 12.3. The second-order valence-corrected chi connectivity index (χ2v) is 6.22. The van der Waals surface area contributed by atoms with Gasteiger partial charge in [-0.1, -0.05) is 50.2 Å². The van der Waals surface area contributed by atoms with Gasteiger partial charge in [0.25, 0.3) is 0 Å². The molecule has 0 amide bonds. The van der Waals surface area contributed by atoms with Crippen molar-refractivity contribution in [3.63, 3.8) is 0 Å². The van der Waals surface area contributed by atoms with E-state index >= 15 is 0 Å². The minimum Gasteiger partial charge on any atom is -0.462 e. The molecule has 0 spiro atoms. The standard InChI is InChI=1S/C20H22N2O2/c1-4-24-20(23)17-12-22-18-15-8-6-5-7-14(15)9-10-16(18)19(17)21-11-13(2)3/h5-10,12-13H,4,11H2,1-3H3,(H,21,22). The molecule has 124 valence electrons. The highest BCUT2D eigenvalue weighted by Crippen LogP contribution is 2.31. The molecule has 4 nitrogen and oxygen atoms in total. The number of nitrogens with zero attached hydrogens (tertiary/aromatic N) is 1. The number of fused-ring (bicyclic) bond motifs is 3. The molecule has 0 aliphatic heterocycles. The Morgan fingerprint density at radius 1 is 1.17 bits per heavy atom. The maximum absolute atomic E-state index is 12.3. The van der Waals surface area contributed by atoms with E-state index in [1.165, 1.54) is 0 Å². The second kappa shape index (κ2) is 6.87. The molecule has 0 saturated carbocycles. The molecular formula is C20H22N2O2. The number of hydrogen-bond acceptors (Lipinski definition) is 4. The van der Waals surface area contributed by atoms with Crippen LogP contribution < -0.4 is 5.32 Å². The largest absolute Gasteiger partial charge is 0.462 e. The highest BCUT2D eigenvalue weighted by atomic mass is 16.5. The number of hydrogen-bond donors (Lipinski definition) is 1. The highest BCUT2D eigenvalue weighted by molar-refractivity contribution is 6.13. The van der Waals surface area contributed by atoms with Gasteiger partial charge in [0, 0.05) is 23.5 Å². The van der Waals surface area contributed by atoms with Gasteiger partial charge in [-0.3, -0.25) is 4.98 Å². The normalized spacial score (nSPS) is 11.2. The van der Waals surface area contributed by atoms with Gasteiger partial charge in [-0.15, -0.1) is 0 Å². The van der Waals surface area contributed by atoms with Crippen molar-refractivity contribution >= 4 is 33.3 Å². The first-order chi connectivity index (χ1) is 11.6. The SMILES string of the molecule is CCOC(=O)c1cnc2c(ccc3ccccc32)c1NCC(C)C. The molecule has 3 rings (SSSR count). The van der Waals surface area contributed by atoms with Crippen LogP contribution in [0, 0.1) is 5.92 Å². The van der Waals surface area contributed by atoms with Crippen LogP contribution in [0.2, 0.25) is 0 Å². The third-order valence-corrected chi connectivity index (χ3v) is 3.94. The van der Waals surface area contributed by atoms with Gasteiger partial charge in [0.2, 0.25) is 0 Å². The third-order valence-electron chi connectivity index (χ3n) is 3.94. The van der Waals surface area contributed by atoms with Gasteiger partial charge in [-0.05, 0) is 18.2 Å². The number of rotatable bonds is 5. The molecule has 1 aromatic heterocycles. The fraction of sp³-hybridized carbons (Fsp3) is 0.300. The summed E-state index contributed by atoms with van der Waals surface area (Å²) < 4.78 is 5.19. The molecule has 4 heteroatoms. The van der Waals surface area contributed by atoms with Crippen LogP contribution in [0.3, 0.4) is 0 Å². The van der Waals surface area contributed by atoms with E-state index in [1.54, 1.807) is 13.1 Å². The van der Waals surface area contributed by atoms with Gasteiger partial charge in [0.1, 0.15) is 5.56 Å². The summed E-state index contributed by atoms with van der Waals surface area (Å²) in [6.45, 7) is 7.20. The minimum atomic E-state index is -0.341. The topological polar surface area (TPSA) is 51.2 Å². The monoisotopic (exact) mass is 322 g/mol. The van der Waals surface area contributed by atoms with Crippen molar-refractivity contribution < 1.29 is 9.53 Å². The minimum absolute atomic E-state index is 0.341. The fourth-order valence-corrected chi connectivity index (χ4v) is 2.79. The summed E-state index contributed by atoms with van der Waals surface area (Å²) in [5.74, 6) is 0.120. The smallest absolute Gasteiger partial charge is 0.341 e. The second-order valence-electron chi connectivity index (χ2n) is 6.22. The molecule has 3 aromatic rings. The predicted molar refractivity (Wildman–Crippen MR) is 98.5 cm³/mol. The Morgan fingerprint density at radius 3 is 2.71 bits per heavy atom. The molecule has 1 N–H and O–H groups in total. The highest BCUT2D eigenvalue weighted by Gasteiger charge is 2.17. The number of nitrogens with one attached hydrogen (secondary N) is 1. The Kier molecular flexibility index (Phi) is 4.65. The molecular weight excluding hydrogens is 300 g/mol. The summed E-state index contributed by atoms with van der Waals surface area (Å²) in [6.07, 6.45) is 1.62. The quantitative estimate of drug-likeness (QED) is 0.549. The van der Waals surface area contributed by atoms with Crippen molar-refractivity contribution in [1.82, 2.24) is 4.98 Å². The van der Waals surface area contributed by atoms with Crippen molar-refractivity contribution in [3.8, 4) is 0 Å². The van der Waals surface area contributed by atoms with Crippen molar-refractivity contribution in [2.24, 2.45) is 5.92 Å². The van der Waals surface area contributed by atoms with E-state index in [-0.39, 0.29) is 5.97 Å². The Labute approximate surface area is 141 Å². The Morgan fingerprint density at radius 2 is 1.96 bits per heavy atom. The average molecular weight is 322 g/mol. The Hall–Kier alpha value is -2.62. The summed E-state index contributed by atoms with van der Waals surface area (Å²) >= 11 is 0. The summed E-state index contributed by atoms with van der Waals surface area (Å²) in [7, 11) is 0. The first kappa shape index (κ1) is 16.2. The predicted octanol–water partition coefficient (Wildman–Crippen LogP) is 4.63. The van der Waals surface area contributed by atoms with Gasteiger partial charge < -0.3 is 10.1 Å². The van der Waals surface area contributed by atoms with Gasteiger partial charge in [-0.2, -0.15) is 0 Å². The van der Waals surface area contributed by atoms with Crippen molar-refractivity contribution in [2.45, 2.75) is 20.8 Å². The lowest BCUT2D eigenvalue weighted by atomic mass is 10.0. The molecule has 2 aromatic carbocycles. The number of aromatic nitrogens is 1. The zero-order chi connectivity index (χ0) is 17.1. The molecule has 0 radical (unpaired) electrons. The lowest BCUT2D eigenvalue weighted by Gasteiger charge is -2.16. The van der Waals surface area contributed by atoms with Crippen molar-refractivity contribution in [3.05, 3.63) is 48.2 Å². The van der Waals surface area contributed by atoms with E-state index in [1.807, 2.05) is 18.2 Å². The molecule has 24 heavy (non-hydrogen) atoms. The molecule has 0 bridgehead atoms. The zero-order valence-electron chi connectivity index (χ0n) is 14.3. The Bertz CT molecular complexity index is 887. The number of esters is 1. The summed E-state index contributed by atoms with van der Waals surface area (Å²) in [4.78, 5) is 16.9. The van der Waals surface area contributed by atoms with Crippen LogP contribution in [0.15, 0.2) is 42.6 Å². The van der Waals surface area contributed by atoms with Crippen LogP contribution in [0.4, 0.5) is 5.69 Å². The first-order valence-electron chi connectivity index (χ1n) is 8.33. The van der Waals surface area contributed by atoms with E-state index in [0.717, 1.165) is 33.9 Å².